The van der Waals surface area contributed by atoms with Gasteiger partial charge in [-0.25, -0.2) is 0 Å². The highest BCUT2D eigenvalue weighted by atomic mass is 16.5. The fraction of sp³-hybridized carbons (Fsp3) is 0.474. The Hall–Kier alpha value is -2.38. The summed E-state index contributed by atoms with van der Waals surface area (Å²) in [5.41, 5.74) is 1.29. The number of nitrogens with one attached hydrogen (secondary N) is 1. The van der Waals surface area contributed by atoms with Crippen LogP contribution in [0.4, 0.5) is 5.88 Å². The molecule has 7 nitrogen and oxygen atoms in total. The molecule has 26 heavy (non-hydrogen) atoms. The van der Waals surface area contributed by atoms with Crippen LogP contribution in [0.25, 0.3) is 11.0 Å². The van der Waals surface area contributed by atoms with E-state index in [1.807, 2.05) is 4.90 Å². The van der Waals surface area contributed by atoms with Gasteiger partial charge in [0.2, 0.25) is 0 Å². The molecule has 1 atom stereocenters. The third-order valence-electron chi connectivity index (χ3n) is 4.84. The fourth-order valence-corrected chi connectivity index (χ4v) is 3.62. The second kappa shape index (κ2) is 7.09. The highest BCUT2D eigenvalue weighted by Crippen LogP contribution is 2.34. The van der Waals surface area contributed by atoms with Gasteiger partial charge in [0, 0.05) is 37.7 Å². The first-order chi connectivity index (χ1) is 12.6. The monoisotopic (exact) mass is 358 g/mol. The zero-order chi connectivity index (χ0) is 18.1. The van der Waals surface area contributed by atoms with Gasteiger partial charge in [-0.1, -0.05) is 0 Å². The molecular formula is C19H22N2O5. The first-order valence-electron chi connectivity index (χ1n) is 8.98. The minimum atomic E-state index is -0.413. The molecule has 2 saturated heterocycles. The van der Waals surface area contributed by atoms with Crippen LogP contribution < -0.4 is 20.4 Å². The first kappa shape index (κ1) is 17.1. The zero-order valence-electron chi connectivity index (χ0n) is 14.7. The summed E-state index contributed by atoms with van der Waals surface area (Å²) in [5, 5.41) is 3.86. The minimum absolute atomic E-state index is 0.0797. The molecule has 1 N–H and O–H groups in total. The van der Waals surface area contributed by atoms with Crippen LogP contribution in [0.1, 0.15) is 31.4 Å². The van der Waals surface area contributed by atoms with Gasteiger partial charge in [0.15, 0.2) is 11.3 Å². The lowest BCUT2D eigenvalue weighted by Gasteiger charge is -2.27. The predicted octanol–water partition coefficient (Wildman–Crippen LogP) is 1.98. The molecule has 7 heteroatoms. The van der Waals surface area contributed by atoms with Crippen molar-refractivity contribution in [2.45, 2.75) is 25.8 Å². The van der Waals surface area contributed by atoms with Crippen molar-refractivity contribution in [1.29, 1.82) is 0 Å². The quantitative estimate of drug-likeness (QED) is 0.664. The van der Waals surface area contributed by atoms with Gasteiger partial charge in [0.1, 0.15) is 11.3 Å². The summed E-state index contributed by atoms with van der Waals surface area (Å²) in [5.74, 6) is 0.523. The van der Waals surface area contributed by atoms with Gasteiger partial charge in [0.25, 0.3) is 0 Å². The number of fused-ring (bicyclic) bond motifs is 1. The number of nitrogens with zero attached hydrogens (tertiary/aromatic N) is 1. The second-order valence-corrected chi connectivity index (χ2v) is 6.68. The molecule has 0 amide bonds. The molecule has 1 aromatic heterocycles. The highest BCUT2D eigenvalue weighted by Gasteiger charge is 2.24. The van der Waals surface area contributed by atoms with Crippen LogP contribution in [-0.4, -0.2) is 38.8 Å². The van der Waals surface area contributed by atoms with Crippen molar-refractivity contribution in [3.63, 3.8) is 0 Å². The molecular weight excluding hydrogens is 336 g/mol. The van der Waals surface area contributed by atoms with Gasteiger partial charge in [-0.05, 0) is 31.5 Å². The predicted molar refractivity (Wildman–Crippen MR) is 96.8 cm³/mol. The number of morpholine rings is 1. The van der Waals surface area contributed by atoms with Crippen molar-refractivity contribution < 1.29 is 18.7 Å². The Balaban J connectivity index is 1.86. The molecule has 0 unspecified atom stereocenters. The summed E-state index contributed by atoms with van der Waals surface area (Å²) in [6.45, 7) is 4.88. The Morgan fingerprint density at radius 3 is 2.77 bits per heavy atom. The van der Waals surface area contributed by atoms with Gasteiger partial charge in [-0.3, -0.25) is 9.59 Å². The Morgan fingerprint density at radius 2 is 2.08 bits per heavy atom. The van der Waals surface area contributed by atoms with E-state index >= 15 is 0 Å². The van der Waals surface area contributed by atoms with E-state index in [9.17, 15) is 9.59 Å². The molecule has 4 rings (SSSR count). The number of ether oxygens (including phenoxy) is 2. The topological polar surface area (TPSA) is 81.0 Å². The fourth-order valence-electron chi connectivity index (χ4n) is 3.62. The van der Waals surface area contributed by atoms with E-state index in [0.29, 0.717) is 48.9 Å². The normalized spacial score (nSPS) is 20.5. The van der Waals surface area contributed by atoms with Crippen LogP contribution in [0.15, 0.2) is 27.4 Å². The molecule has 0 bridgehead atoms. The van der Waals surface area contributed by atoms with Crippen LogP contribution in [0.3, 0.4) is 0 Å². The first-order valence-corrected chi connectivity index (χ1v) is 8.98. The smallest absolute Gasteiger partial charge is 0.308 e. The SMILES string of the molecule is CC(=O)Oc1cc([C@H]2CCCN2)c2oc(N3CCOCC3)cc(=O)c2c1. The number of hydrogen-bond donors (Lipinski definition) is 1. The van der Waals surface area contributed by atoms with Crippen LogP contribution in [-0.2, 0) is 9.53 Å². The summed E-state index contributed by atoms with van der Waals surface area (Å²) < 4.78 is 16.8. The molecule has 3 heterocycles. The number of esters is 1. The van der Waals surface area contributed by atoms with E-state index in [0.717, 1.165) is 24.9 Å². The average molecular weight is 358 g/mol. The minimum Gasteiger partial charge on any atom is -0.440 e. The van der Waals surface area contributed by atoms with Crippen molar-refractivity contribution in [3.05, 3.63) is 34.0 Å². The van der Waals surface area contributed by atoms with Crippen molar-refractivity contribution in [2.24, 2.45) is 0 Å². The van der Waals surface area contributed by atoms with Gasteiger partial charge in [-0.2, -0.15) is 0 Å². The van der Waals surface area contributed by atoms with Gasteiger partial charge >= 0.3 is 5.97 Å². The van der Waals surface area contributed by atoms with E-state index in [1.54, 1.807) is 12.1 Å². The van der Waals surface area contributed by atoms with Crippen LogP contribution in [0.2, 0.25) is 0 Å². The maximum Gasteiger partial charge on any atom is 0.308 e. The van der Waals surface area contributed by atoms with Crippen LogP contribution >= 0.6 is 0 Å². The standard InChI is InChI=1S/C19H22N2O5/c1-12(22)25-13-9-14(16-3-2-4-20-16)19-15(10-13)17(23)11-18(26-19)21-5-7-24-8-6-21/h9-11,16,20H,2-8H2,1H3/t16-/m1/s1. The zero-order valence-corrected chi connectivity index (χ0v) is 14.7. The molecule has 0 aliphatic carbocycles. The molecule has 0 saturated carbocycles. The molecule has 2 fully saturated rings. The third kappa shape index (κ3) is 3.32. The number of anilines is 1. The Kier molecular flexibility index (Phi) is 4.65. The van der Waals surface area contributed by atoms with E-state index in [-0.39, 0.29) is 11.5 Å². The number of rotatable bonds is 3. The Bertz CT molecular complexity index is 879. The summed E-state index contributed by atoms with van der Waals surface area (Å²) in [6.07, 6.45) is 2.00. The summed E-state index contributed by atoms with van der Waals surface area (Å²) in [6, 6.07) is 4.98. The van der Waals surface area contributed by atoms with Crippen LogP contribution in [0, 0.1) is 0 Å². The number of carbonyl (C=O) groups is 1. The second-order valence-electron chi connectivity index (χ2n) is 6.68. The van der Waals surface area contributed by atoms with Crippen molar-refractivity contribution in [1.82, 2.24) is 5.32 Å². The van der Waals surface area contributed by atoms with Crippen molar-refractivity contribution >= 4 is 22.8 Å². The van der Waals surface area contributed by atoms with E-state index in [4.69, 9.17) is 13.9 Å². The maximum absolute atomic E-state index is 12.8. The third-order valence-corrected chi connectivity index (χ3v) is 4.84. The lowest BCUT2D eigenvalue weighted by molar-refractivity contribution is -0.131. The van der Waals surface area contributed by atoms with Gasteiger partial charge in [-0.15, -0.1) is 0 Å². The van der Waals surface area contributed by atoms with Crippen LogP contribution in [0.5, 0.6) is 5.75 Å². The molecule has 2 aromatic rings. The van der Waals surface area contributed by atoms with E-state index in [2.05, 4.69) is 5.32 Å². The largest absolute Gasteiger partial charge is 0.440 e. The lowest BCUT2D eigenvalue weighted by Crippen LogP contribution is -2.36. The summed E-state index contributed by atoms with van der Waals surface area (Å²) in [4.78, 5) is 26.2. The van der Waals surface area contributed by atoms with E-state index in [1.165, 1.54) is 13.0 Å². The molecule has 2 aliphatic heterocycles. The molecule has 1 aromatic carbocycles. The molecule has 0 radical (unpaired) electrons. The summed E-state index contributed by atoms with van der Waals surface area (Å²) in [7, 11) is 0. The summed E-state index contributed by atoms with van der Waals surface area (Å²) >= 11 is 0. The van der Waals surface area contributed by atoms with E-state index < -0.39 is 5.97 Å². The van der Waals surface area contributed by atoms with Gasteiger partial charge < -0.3 is 24.1 Å². The Labute approximate surface area is 150 Å². The average Bonchev–Trinajstić information content (AvgIpc) is 3.16. The lowest BCUT2D eigenvalue weighted by atomic mass is 10.0. The Morgan fingerprint density at radius 1 is 1.27 bits per heavy atom. The number of hydrogen-bond acceptors (Lipinski definition) is 7. The van der Waals surface area contributed by atoms with Crippen molar-refractivity contribution in [2.75, 3.05) is 37.7 Å². The number of carbonyl (C=O) groups excluding carboxylic acids is 1. The highest BCUT2D eigenvalue weighted by molar-refractivity contribution is 5.84. The molecule has 0 spiro atoms. The van der Waals surface area contributed by atoms with Crippen molar-refractivity contribution in [3.8, 4) is 5.75 Å². The number of benzene rings is 1. The maximum atomic E-state index is 12.8. The van der Waals surface area contributed by atoms with Gasteiger partial charge in [0.05, 0.1) is 18.6 Å². The molecule has 138 valence electrons. The molecule has 2 aliphatic rings.